The largest absolute Gasteiger partial charge is 0.468 e. The van der Waals surface area contributed by atoms with Crippen molar-refractivity contribution >= 4 is 23.2 Å². The number of ketones is 2. The van der Waals surface area contributed by atoms with Gasteiger partial charge in [0.1, 0.15) is 5.41 Å². The maximum absolute atomic E-state index is 13.4. The van der Waals surface area contributed by atoms with E-state index in [0.29, 0.717) is 16.8 Å². The van der Waals surface area contributed by atoms with E-state index in [1.807, 2.05) is 0 Å². The molecule has 6 nitrogen and oxygen atoms in total. The molecule has 0 saturated heterocycles. The number of fused-ring (bicyclic) bond motifs is 1. The van der Waals surface area contributed by atoms with Gasteiger partial charge in [0.05, 0.1) is 12.8 Å². The van der Waals surface area contributed by atoms with E-state index in [4.69, 9.17) is 4.74 Å². The molecule has 30 heavy (non-hydrogen) atoms. The highest BCUT2D eigenvalue weighted by atomic mass is 16.5. The summed E-state index contributed by atoms with van der Waals surface area (Å²) in [7, 11) is 2.84. The number of anilines is 1. The molecular formula is C24H25NO5. The van der Waals surface area contributed by atoms with Gasteiger partial charge in [-0.2, -0.15) is 0 Å². The van der Waals surface area contributed by atoms with Crippen LogP contribution in [0.5, 0.6) is 0 Å². The fraction of sp³-hybridized carbons (Fsp3) is 0.292. The monoisotopic (exact) mass is 407 g/mol. The van der Waals surface area contributed by atoms with Crippen LogP contribution in [0.3, 0.4) is 0 Å². The average Bonchev–Trinajstić information content (AvgIpc) is 2.98. The molecule has 2 unspecified atom stereocenters. The Morgan fingerprint density at radius 1 is 1.17 bits per heavy atom. The van der Waals surface area contributed by atoms with Gasteiger partial charge in [0.25, 0.3) is 0 Å². The van der Waals surface area contributed by atoms with Crippen LogP contribution in [-0.4, -0.2) is 42.5 Å². The first kappa shape index (κ1) is 21.5. The highest BCUT2D eigenvalue weighted by Gasteiger charge is 2.53. The van der Waals surface area contributed by atoms with Crippen molar-refractivity contribution in [2.75, 3.05) is 19.1 Å². The molecule has 2 aromatic rings. The lowest BCUT2D eigenvalue weighted by Gasteiger charge is -2.35. The molecule has 1 aliphatic heterocycles. The van der Waals surface area contributed by atoms with Crippen molar-refractivity contribution in [1.82, 2.24) is 0 Å². The smallest absolute Gasteiger partial charge is 0.320 e. The average molecular weight is 407 g/mol. The molecule has 2 atom stereocenters. The highest BCUT2D eigenvalue weighted by molar-refractivity contribution is 6.14. The van der Waals surface area contributed by atoms with Gasteiger partial charge in [0, 0.05) is 24.6 Å². The minimum absolute atomic E-state index is 0.0222. The lowest BCUT2D eigenvalue weighted by Crippen LogP contribution is -2.51. The van der Waals surface area contributed by atoms with E-state index in [1.165, 1.54) is 18.1 Å². The van der Waals surface area contributed by atoms with Crippen LogP contribution in [-0.2, 0) is 9.53 Å². The van der Waals surface area contributed by atoms with Gasteiger partial charge < -0.3 is 14.7 Å². The molecule has 0 bridgehead atoms. The van der Waals surface area contributed by atoms with Crippen LogP contribution in [0.15, 0.2) is 67.3 Å². The van der Waals surface area contributed by atoms with E-state index >= 15 is 0 Å². The molecule has 1 heterocycles. The third kappa shape index (κ3) is 3.33. The third-order valence-corrected chi connectivity index (χ3v) is 5.87. The number of ether oxygens (including phenoxy) is 1. The topological polar surface area (TPSA) is 83.9 Å². The van der Waals surface area contributed by atoms with Gasteiger partial charge in [-0.05, 0) is 25.0 Å². The van der Waals surface area contributed by atoms with Gasteiger partial charge in [-0.25, -0.2) is 0 Å². The zero-order chi connectivity index (χ0) is 21.9. The molecule has 0 radical (unpaired) electrons. The van der Waals surface area contributed by atoms with Crippen LogP contribution in [0.2, 0.25) is 0 Å². The zero-order valence-electron chi connectivity index (χ0n) is 17.1. The van der Waals surface area contributed by atoms with Crippen molar-refractivity contribution in [3.8, 4) is 0 Å². The standard InChI is InChI=1S/C24H25NO5/c1-4-14-23(22(28)30-3,20(26)17-10-6-5-7-11-17)15-16-24(29)21(27)18-12-8-9-13-19(18)25(24)2/h4-13,29H,1,14-16H2,2-3H3. The van der Waals surface area contributed by atoms with Crippen LogP contribution in [0.1, 0.15) is 40.0 Å². The first-order chi connectivity index (χ1) is 14.3. The fourth-order valence-corrected chi connectivity index (χ4v) is 4.09. The first-order valence-corrected chi connectivity index (χ1v) is 9.71. The second kappa shape index (κ2) is 8.24. The van der Waals surface area contributed by atoms with E-state index in [9.17, 15) is 19.5 Å². The summed E-state index contributed by atoms with van der Waals surface area (Å²) in [6.45, 7) is 3.70. The van der Waals surface area contributed by atoms with Gasteiger partial charge in [-0.15, -0.1) is 6.58 Å². The Morgan fingerprint density at radius 3 is 2.40 bits per heavy atom. The molecule has 2 aromatic carbocycles. The predicted octanol–water partition coefficient (Wildman–Crippen LogP) is 3.41. The summed E-state index contributed by atoms with van der Waals surface area (Å²) in [5, 5.41) is 11.3. The number of hydrogen-bond donors (Lipinski definition) is 1. The summed E-state index contributed by atoms with van der Waals surface area (Å²) in [4.78, 5) is 40.7. The summed E-state index contributed by atoms with van der Waals surface area (Å²) < 4.78 is 4.99. The molecule has 1 aliphatic rings. The lowest BCUT2D eigenvalue weighted by atomic mass is 9.72. The van der Waals surface area contributed by atoms with Gasteiger partial charge in [0.2, 0.25) is 11.5 Å². The Kier molecular flexibility index (Phi) is 5.89. The molecule has 156 valence electrons. The van der Waals surface area contributed by atoms with Crippen LogP contribution in [0, 0.1) is 5.41 Å². The second-order valence-corrected chi connectivity index (χ2v) is 7.48. The number of likely N-dealkylation sites (N-methyl/N-ethyl adjacent to an activating group) is 1. The number of allylic oxidation sites excluding steroid dienone is 1. The minimum atomic E-state index is -1.86. The number of methoxy groups -OCH3 is 1. The van der Waals surface area contributed by atoms with Crippen LogP contribution < -0.4 is 4.90 Å². The Labute approximate surface area is 175 Å². The molecule has 0 amide bonds. The Balaban J connectivity index is 1.98. The number of carbonyl (C=O) groups is 3. The van der Waals surface area contributed by atoms with Crippen LogP contribution >= 0.6 is 0 Å². The van der Waals surface area contributed by atoms with E-state index in [0.717, 1.165) is 0 Å². The number of rotatable bonds is 8. The number of carbonyl (C=O) groups excluding carboxylic acids is 3. The highest BCUT2D eigenvalue weighted by Crippen LogP contribution is 2.43. The van der Waals surface area contributed by atoms with E-state index < -0.39 is 28.7 Å². The SMILES string of the molecule is C=CCC(CCC1(O)C(=O)c2ccccc2N1C)(C(=O)OC)C(=O)c1ccccc1. The van der Waals surface area contributed by atoms with Crippen molar-refractivity contribution in [1.29, 1.82) is 0 Å². The molecule has 0 spiro atoms. The molecule has 0 aliphatic carbocycles. The van der Waals surface area contributed by atoms with Crippen LogP contribution in [0.25, 0.3) is 0 Å². The number of para-hydroxylation sites is 1. The summed E-state index contributed by atoms with van der Waals surface area (Å²) in [6, 6.07) is 15.4. The maximum atomic E-state index is 13.4. The van der Waals surface area contributed by atoms with Crippen molar-refractivity contribution < 1.29 is 24.2 Å². The summed E-state index contributed by atoms with van der Waals surface area (Å²) in [5.41, 5.74) is -2.09. The summed E-state index contributed by atoms with van der Waals surface area (Å²) >= 11 is 0. The molecule has 1 N–H and O–H groups in total. The molecule has 0 fully saturated rings. The molecule has 0 aromatic heterocycles. The number of nitrogens with zero attached hydrogens (tertiary/aromatic N) is 1. The van der Waals surface area contributed by atoms with Gasteiger partial charge in [-0.3, -0.25) is 14.4 Å². The van der Waals surface area contributed by atoms with E-state index in [2.05, 4.69) is 6.58 Å². The maximum Gasteiger partial charge on any atom is 0.320 e. The molecule has 3 rings (SSSR count). The normalized spacial score (nSPS) is 19.7. The minimum Gasteiger partial charge on any atom is -0.468 e. The first-order valence-electron chi connectivity index (χ1n) is 9.71. The van der Waals surface area contributed by atoms with Crippen molar-refractivity contribution in [3.63, 3.8) is 0 Å². The van der Waals surface area contributed by atoms with Gasteiger partial charge in [0.15, 0.2) is 5.78 Å². The van der Waals surface area contributed by atoms with Crippen LogP contribution in [0.4, 0.5) is 5.69 Å². The zero-order valence-corrected chi connectivity index (χ0v) is 17.1. The van der Waals surface area contributed by atoms with Gasteiger partial charge in [-0.1, -0.05) is 48.5 Å². The van der Waals surface area contributed by atoms with E-state index in [-0.39, 0.29) is 19.3 Å². The Bertz CT molecular complexity index is 986. The number of esters is 1. The molecular weight excluding hydrogens is 382 g/mol. The second-order valence-electron chi connectivity index (χ2n) is 7.48. The number of aliphatic hydroxyl groups is 1. The fourth-order valence-electron chi connectivity index (χ4n) is 4.09. The van der Waals surface area contributed by atoms with Crippen molar-refractivity contribution in [3.05, 3.63) is 78.4 Å². The quantitative estimate of drug-likeness (QED) is 0.312. The number of hydrogen-bond acceptors (Lipinski definition) is 6. The van der Waals surface area contributed by atoms with Gasteiger partial charge >= 0.3 is 5.97 Å². The Morgan fingerprint density at radius 2 is 1.80 bits per heavy atom. The number of benzene rings is 2. The Hall–Kier alpha value is -3.25. The lowest BCUT2D eigenvalue weighted by molar-refractivity contribution is -0.150. The van der Waals surface area contributed by atoms with Crippen molar-refractivity contribution in [2.45, 2.75) is 25.0 Å². The number of Topliss-reactive ketones (excluding diaryl/α,β-unsaturated/α-hetero) is 2. The summed E-state index contributed by atoms with van der Waals surface area (Å²) in [5.74, 6) is -1.60. The molecule has 0 saturated carbocycles. The predicted molar refractivity (Wildman–Crippen MR) is 113 cm³/mol. The van der Waals surface area contributed by atoms with E-state index in [1.54, 1.807) is 61.6 Å². The molecule has 6 heteroatoms. The van der Waals surface area contributed by atoms with Crippen molar-refractivity contribution in [2.24, 2.45) is 5.41 Å². The third-order valence-electron chi connectivity index (χ3n) is 5.87. The summed E-state index contributed by atoms with van der Waals surface area (Å²) in [6.07, 6.45) is 1.30.